The highest BCUT2D eigenvalue weighted by molar-refractivity contribution is 9.11. The number of carbonyl (C=O) groups excluding carboxylic acids is 1. The van der Waals surface area contributed by atoms with Crippen molar-refractivity contribution in [2.75, 3.05) is 6.54 Å². The summed E-state index contributed by atoms with van der Waals surface area (Å²) in [6.45, 7) is 4.32. The van der Waals surface area contributed by atoms with Gasteiger partial charge in [0.05, 0.1) is 3.79 Å². The van der Waals surface area contributed by atoms with E-state index in [1.807, 2.05) is 26.0 Å². The van der Waals surface area contributed by atoms with Crippen LogP contribution in [0.4, 0.5) is 4.79 Å². The molecule has 5 nitrogen and oxygen atoms in total. The van der Waals surface area contributed by atoms with Crippen LogP contribution in [0.1, 0.15) is 25.1 Å². The maximum Gasteiger partial charge on any atom is 0.326 e. The number of nitrogens with one attached hydrogen (secondary N) is 2. The molecule has 0 aliphatic carbocycles. The van der Waals surface area contributed by atoms with E-state index in [0.29, 0.717) is 13.0 Å². The van der Waals surface area contributed by atoms with Gasteiger partial charge < -0.3 is 15.7 Å². The molecule has 1 aromatic rings. The summed E-state index contributed by atoms with van der Waals surface area (Å²) < 4.78 is 1.06. The fraction of sp³-hybridized carbons (Fsp3) is 0.538. The van der Waals surface area contributed by atoms with E-state index in [2.05, 4.69) is 26.6 Å². The Labute approximate surface area is 130 Å². The molecule has 1 aromatic heterocycles. The van der Waals surface area contributed by atoms with Crippen molar-refractivity contribution < 1.29 is 14.7 Å². The number of hydrogen-bond donors (Lipinski definition) is 3. The van der Waals surface area contributed by atoms with Gasteiger partial charge >= 0.3 is 12.0 Å². The maximum atomic E-state index is 11.6. The van der Waals surface area contributed by atoms with Gasteiger partial charge in [-0.05, 0) is 46.8 Å². The molecule has 2 amide bonds. The summed E-state index contributed by atoms with van der Waals surface area (Å²) in [5, 5.41) is 14.2. The van der Waals surface area contributed by atoms with Gasteiger partial charge in [-0.3, -0.25) is 0 Å². The molecule has 0 spiro atoms. The van der Waals surface area contributed by atoms with Gasteiger partial charge in [-0.15, -0.1) is 11.3 Å². The smallest absolute Gasteiger partial charge is 0.326 e. The number of carboxylic acid groups (broad SMARTS) is 1. The lowest BCUT2D eigenvalue weighted by Crippen LogP contribution is -2.47. The average molecular weight is 363 g/mol. The van der Waals surface area contributed by atoms with Gasteiger partial charge in [-0.1, -0.05) is 13.8 Å². The van der Waals surface area contributed by atoms with E-state index in [9.17, 15) is 9.59 Å². The molecule has 20 heavy (non-hydrogen) atoms. The quantitative estimate of drug-likeness (QED) is 0.697. The van der Waals surface area contributed by atoms with Gasteiger partial charge in [-0.2, -0.15) is 0 Å². The van der Waals surface area contributed by atoms with Crippen molar-refractivity contribution in [3.8, 4) is 0 Å². The normalized spacial score (nSPS) is 12.2. The van der Waals surface area contributed by atoms with Gasteiger partial charge in [0, 0.05) is 11.4 Å². The Kier molecular flexibility index (Phi) is 7.01. The molecule has 0 saturated heterocycles. The van der Waals surface area contributed by atoms with Crippen molar-refractivity contribution in [1.29, 1.82) is 0 Å². The van der Waals surface area contributed by atoms with E-state index in [-0.39, 0.29) is 5.92 Å². The number of rotatable bonds is 7. The van der Waals surface area contributed by atoms with Crippen LogP contribution >= 0.6 is 27.3 Å². The number of halogens is 1. The van der Waals surface area contributed by atoms with Crippen LogP contribution in [0.15, 0.2) is 15.9 Å². The molecule has 3 N–H and O–H groups in total. The molecular formula is C13H19BrN2O3S. The first kappa shape index (κ1) is 17.0. The SMILES string of the molecule is CC(C)C[C@@H](NC(=O)NCCc1ccc(Br)s1)C(=O)O. The van der Waals surface area contributed by atoms with Crippen molar-refractivity contribution in [3.63, 3.8) is 0 Å². The highest BCUT2D eigenvalue weighted by Gasteiger charge is 2.20. The Bertz CT molecular complexity index is 462. The Hall–Kier alpha value is -1.08. The molecule has 0 radical (unpaired) electrons. The second-order valence-electron chi connectivity index (χ2n) is 4.88. The van der Waals surface area contributed by atoms with Gasteiger partial charge in [0.15, 0.2) is 0 Å². The number of hydrogen-bond acceptors (Lipinski definition) is 3. The molecule has 0 aromatic carbocycles. The zero-order chi connectivity index (χ0) is 15.1. The van der Waals surface area contributed by atoms with E-state index >= 15 is 0 Å². The predicted octanol–water partition coefficient (Wildman–Crippen LogP) is 2.85. The first-order valence-corrected chi connectivity index (χ1v) is 8.00. The zero-order valence-corrected chi connectivity index (χ0v) is 13.9. The Morgan fingerprint density at radius 3 is 2.60 bits per heavy atom. The molecular weight excluding hydrogens is 344 g/mol. The van der Waals surface area contributed by atoms with E-state index in [0.717, 1.165) is 15.1 Å². The summed E-state index contributed by atoms with van der Waals surface area (Å²) in [6, 6.07) is 2.68. The molecule has 0 unspecified atom stereocenters. The molecule has 0 fully saturated rings. The lowest BCUT2D eigenvalue weighted by atomic mass is 10.0. The van der Waals surface area contributed by atoms with Gasteiger partial charge in [0.1, 0.15) is 6.04 Å². The van der Waals surface area contributed by atoms with Crippen molar-refractivity contribution in [3.05, 3.63) is 20.8 Å². The van der Waals surface area contributed by atoms with E-state index in [1.54, 1.807) is 11.3 Å². The van der Waals surface area contributed by atoms with Crippen LogP contribution in [-0.2, 0) is 11.2 Å². The summed E-state index contributed by atoms with van der Waals surface area (Å²) in [6.07, 6.45) is 1.15. The molecule has 1 rings (SSSR count). The number of amides is 2. The molecule has 0 aliphatic heterocycles. The van der Waals surface area contributed by atoms with Crippen LogP contribution in [0.2, 0.25) is 0 Å². The van der Waals surface area contributed by atoms with E-state index in [1.165, 1.54) is 0 Å². The lowest BCUT2D eigenvalue weighted by Gasteiger charge is -2.16. The fourth-order valence-corrected chi connectivity index (χ4v) is 3.17. The highest BCUT2D eigenvalue weighted by Crippen LogP contribution is 2.21. The monoisotopic (exact) mass is 362 g/mol. The Balaban J connectivity index is 2.32. The van der Waals surface area contributed by atoms with Gasteiger partial charge in [0.2, 0.25) is 0 Å². The van der Waals surface area contributed by atoms with E-state index in [4.69, 9.17) is 5.11 Å². The van der Waals surface area contributed by atoms with Crippen LogP contribution in [0, 0.1) is 5.92 Å². The molecule has 0 saturated carbocycles. The summed E-state index contributed by atoms with van der Waals surface area (Å²) in [5.41, 5.74) is 0. The second kappa shape index (κ2) is 8.26. The summed E-state index contributed by atoms with van der Waals surface area (Å²) in [4.78, 5) is 23.8. The topological polar surface area (TPSA) is 78.4 Å². The van der Waals surface area contributed by atoms with Crippen molar-refractivity contribution in [2.24, 2.45) is 5.92 Å². The second-order valence-corrected chi connectivity index (χ2v) is 7.42. The largest absolute Gasteiger partial charge is 0.480 e. The van der Waals surface area contributed by atoms with Crippen LogP contribution < -0.4 is 10.6 Å². The minimum absolute atomic E-state index is 0.208. The Morgan fingerprint density at radius 1 is 1.40 bits per heavy atom. The van der Waals surface area contributed by atoms with Crippen molar-refractivity contribution in [1.82, 2.24) is 10.6 Å². The Morgan fingerprint density at radius 2 is 2.10 bits per heavy atom. The predicted molar refractivity (Wildman–Crippen MR) is 83.1 cm³/mol. The van der Waals surface area contributed by atoms with Crippen LogP contribution in [0.5, 0.6) is 0 Å². The number of urea groups is 1. The van der Waals surface area contributed by atoms with Crippen molar-refractivity contribution >= 4 is 39.3 Å². The fourth-order valence-electron chi connectivity index (χ4n) is 1.69. The number of thiophene rings is 1. The number of aliphatic carboxylic acids is 1. The summed E-state index contributed by atoms with van der Waals surface area (Å²) in [7, 11) is 0. The highest BCUT2D eigenvalue weighted by atomic mass is 79.9. The van der Waals surface area contributed by atoms with Gasteiger partial charge in [-0.25, -0.2) is 9.59 Å². The van der Waals surface area contributed by atoms with Crippen LogP contribution in [-0.4, -0.2) is 29.7 Å². The maximum absolute atomic E-state index is 11.6. The minimum atomic E-state index is -1.00. The van der Waals surface area contributed by atoms with Crippen molar-refractivity contribution in [2.45, 2.75) is 32.7 Å². The molecule has 0 aliphatic rings. The van der Waals surface area contributed by atoms with Crippen LogP contribution in [0.25, 0.3) is 0 Å². The molecule has 1 heterocycles. The number of carboxylic acids is 1. The minimum Gasteiger partial charge on any atom is -0.480 e. The lowest BCUT2D eigenvalue weighted by molar-refractivity contribution is -0.139. The standard InChI is InChI=1S/C13H19BrN2O3S/c1-8(2)7-10(12(17)18)16-13(19)15-6-5-9-3-4-11(14)20-9/h3-4,8,10H,5-7H2,1-2H3,(H,17,18)(H2,15,16,19)/t10-/m1/s1. The van der Waals surface area contributed by atoms with Crippen LogP contribution in [0.3, 0.4) is 0 Å². The third-order valence-corrected chi connectivity index (χ3v) is 4.28. The summed E-state index contributed by atoms with van der Waals surface area (Å²) in [5.74, 6) is -0.795. The molecule has 0 bridgehead atoms. The third-order valence-electron chi connectivity index (χ3n) is 2.60. The summed E-state index contributed by atoms with van der Waals surface area (Å²) >= 11 is 5.00. The first-order chi connectivity index (χ1) is 9.38. The van der Waals surface area contributed by atoms with Gasteiger partial charge in [0.25, 0.3) is 0 Å². The zero-order valence-electron chi connectivity index (χ0n) is 11.5. The third kappa shape index (κ3) is 6.38. The number of carbonyl (C=O) groups is 2. The van der Waals surface area contributed by atoms with E-state index < -0.39 is 18.0 Å². The average Bonchev–Trinajstić information content (AvgIpc) is 2.73. The molecule has 7 heteroatoms. The first-order valence-electron chi connectivity index (χ1n) is 6.40. The molecule has 1 atom stereocenters. The molecule has 112 valence electrons.